The topological polar surface area (TPSA) is 93.5 Å². The van der Waals surface area contributed by atoms with E-state index in [-0.39, 0.29) is 11.6 Å². The Balaban J connectivity index is 2.28. The van der Waals surface area contributed by atoms with Gasteiger partial charge in [-0.05, 0) is 18.1 Å². The molecule has 0 atom stereocenters. The third-order valence-electron chi connectivity index (χ3n) is 2.89. The minimum absolute atomic E-state index is 0.0655. The zero-order valence-corrected chi connectivity index (χ0v) is 13.0. The third-order valence-corrected chi connectivity index (χ3v) is 2.89. The standard InChI is InChI=1S/C16H19N3O4/c1-11(2)10-23-13-9-19(12-6-4-3-5-7-12)18-15(13)16(22)17-8-14(20)21/h3-7,9,11H,8,10H2,1-2H3,(H,17,22)(H,20,21). The van der Waals surface area contributed by atoms with Gasteiger partial charge in [0.15, 0.2) is 11.4 Å². The highest BCUT2D eigenvalue weighted by molar-refractivity contribution is 5.96. The zero-order valence-electron chi connectivity index (χ0n) is 13.0. The normalized spacial score (nSPS) is 10.6. The number of para-hydroxylation sites is 1. The van der Waals surface area contributed by atoms with Crippen LogP contribution in [-0.2, 0) is 4.79 Å². The first kappa shape index (κ1) is 16.5. The predicted octanol–water partition coefficient (Wildman–Crippen LogP) is 1.72. The van der Waals surface area contributed by atoms with Crippen molar-refractivity contribution >= 4 is 11.9 Å². The fraction of sp³-hybridized carbons (Fsp3) is 0.312. The molecule has 23 heavy (non-hydrogen) atoms. The summed E-state index contributed by atoms with van der Waals surface area (Å²) in [7, 11) is 0. The van der Waals surface area contributed by atoms with Crippen molar-refractivity contribution in [3.05, 3.63) is 42.2 Å². The third kappa shape index (κ3) is 4.57. The number of aliphatic carboxylic acids is 1. The summed E-state index contributed by atoms with van der Waals surface area (Å²) in [5.74, 6) is -1.10. The molecule has 122 valence electrons. The molecule has 0 aliphatic rings. The lowest BCUT2D eigenvalue weighted by Gasteiger charge is -2.07. The van der Waals surface area contributed by atoms with E-state index >= 15 is 0 Å². The number of carbonyl (C=O) groups excluding carboxylic acids is 1. The van der Waals surface area contributed by atoms with E-state index in [0.717, 1.165) is 5.69 Å². The van der Waals surface area contributed by atoms with E-state index in [1.54, 1.807) is 6.20 Å². The molecule has 1 amide bonds. The van der Waals surface area contributed by atoms with E-state index in [1.165, 1.54) is 4.68 Å². The number of carbonyl (C=O) groups is 2. The molecule has 1 aromatic carbocycles. The fourth-order valence-electron chi connectivity index (χ4n) is 1.83. The molecule has 0 bridgehead atoms. The SMILES string of the molecule is CC(C)COc1cn(-c2ccccc2)nc1C(=O)NCC(=O)O. The average molecular weight is 317 g/mol. The number of nitrogens with zero attached hydrogens (tertiary/aromatic N) is 2. The van der Waals surface area contributed by atoms with Gasteiger partial charge in [0, 0.05) is 0 Å². The van der Waals surface area contributed by atoms with Gasteiger partial charge in [-0.1, -0.05) is 32.0 Å². The molecule has 0 radical (unpaired) electrons. The number of amides is 1. The highest BCUT2D eigenvalue weighted by Crippen LogP contribution is 2.20. The minimum atomic E-state index is -1.12. The van der Waals surface area contributed by atoms with E-state index in [4.69, 9.17) is 9.84 Å². The molecule has 2 aromatic rings. The van der Waals surface area contributed by atoms with Gasteiger partial charge < -0.3 is 15.2 Å². The molecule has 0 aliphatic carbocycles. The molecular formula is C16H19N3O4. The Morgan fingerprint density at radius 3 is 2.61 bits per heavy atom. The predicted molar refractivity (Wildman–Crippen MR) is 83.9 cm³/mol. The van der Waals surface area contributed by atoms with Gasteiger partial charge in [0.1, 0.15) is 6.54 Å². The van der Waals surface area contributed by atoms with E-state index < -0.39 is 18.4 Å². The molecule has 1 heterocycles. The number of ether oxygens (including phenoxy) is 1. The van der Waals surface area contributed by atoms with Crippen molar-refractivity contribution in [1.29, 1.82) is 0 Å². The maximum atomic E-state index is 12.1. The molecule has 0 fully saturated rings. The maximum Gasteiger partial charge on any atom is 0.322 e. The fourth-order valence-corrected chi connectivity index (χ4v) is 1.83. The molecule has 0 saturated heterocycles. The molecule has 0 saturated carbocycles. The Morgan fingerprint density at radius 1 is 1.30 bits per heavy atom. The van der Waals surface area contributed by atoms with Crippen LogP contribution < -0.4 is 10.1 Å². The van der Waals surface area contributed by atoms with Crippen molar-refractivity contribution < 1.29 is 19.4 Å². The Kier molecular flexibility index (Phi) is 5.35. The number of rotatable bonds is 7. The minimum Gasteiger partial charge on any atom is -0.489 e. The molecule has 2 rings (SSSR count). The summed E-state index contributed by atoms with van der Waals surface area (Å²) < 4.78 is 7.17. The lowest BCUT2D eigenvalue weighted by molar-refractivity contribution is -0.135. The van der Waals surface area contributed by atoms with Crippen molar-refractivity contribution in [2.24, 2.45) is 5.92 Å². The van der Waals surface area contributed by atoms with Gasteiger partial charge in [0.05, 0.1) is 18.5 Å². The van der Waals surface area contributed by atoms with E-state index in [1.807, 2.05) is 44.2 Å². The van der Waals surface area contributed by atoms with Gasteiger partial charge in [0.25, 0.3) is 5.91 Å². The number of hydrogen-bond donors (Lipinski definition) is 2. The van der Waals surface area contributed by atoms with Crippen molar-refractivity contribution in [3.8, 4) is 11.4 Å². The number of aromatic nitrogens is 2. The second-order valence-electron chi connectivity index (χ2n) is 5.40. The number of carboxylic acid groups (broad SMARTS) is 1. The van der Waals surface area contributed by atoms with E-state index in [0.29, 0.717) is 12.4 Å². The molecule has 0 aliphatic heterocycles. The molecule has 1 aromatic heterocycles. The van der Waals surface area contributed by atoms with Crippen LogP contribution in [0.2, 0.25) is 0 Å². The molecule has 2 N–H and O–H groups in total. The van der Waals surface area contributed by atoms with Crippen LogP contribution in [0.25, 0.3) is 5.69 Å². The van der Waals surface area contributed by atoms with Gasteiger partial charge in [-0.25, -0.2) is 4.68 Å². The van der Waals surface area contributed by atoms with Crippen LogP contribution >= 0.6 is 0 Å². The lowest BCUT2D eigenvalue weighted by atomic mass is 10.2. The summed E-state index contributed by atoms with van der Waals surface area (Å²) in [5.41, 5.74) is 0.843. The van der Waals surface area contributed by atoms with Crippen LogP contribution in [0.1, 0.15) is 24.3 Å². The highest BCUT2D eigenvalue weighted by Gasteiger charge is 2.19. The van der Waals surface area contributed by atoms with Crippen LogP contribution in [0.3, 0.4) is 0 Å². The van der Waals surface area contributed by atoms with Crippen molar-refractivity contribution in [2.75, 3.05) is 13.2 Å². The number of benzene rings is 1. The van der Waals surface area contributed by atoms with Crippen LogP contribution in [0.5, 0.6) is 5.75 Å². The first-order chi connectivity index (χ1) is 11.0. The summed E-state index contributed by atoms with van der Waals surface area (Å²) in [5, 5.41) is 15.2. The van der Waals surface area contributed by atoms with Gasteiger partial charge in [0.2, 0.25) is 0 Å². The van der Waals surface area contributed by atoms with Gasteiger partial charge in [-0.3, -0.25) is 9.59 Å². The van der Waals surface area contributed by atoms with Gasteiger partial charge >= 0.3 is 5.97 Å². The van der Waals surface area contributed by atoms with Crippen molar-refractivity contribution in [1.82, 2.24) is 15.1 Å². The van der Waals surface area contributed by atoms with E-state index in [2.05, 4.69) is 10.4 Å². The van der Waals surface area contributed by atoms with Crippen LogP contribution in [0.4, 0.5) is 0 Å². The van der Waals surface area contributed by atoms with Crippen molar-refractivity contribution in [3.63, 3.8) is 0 Å². The smallest absolute Gasteiger partial charge is 0.322 e. The number of nitrogens with one attached hydrogen (secondary N) is 1. The number of carboxylic acids is 1. The Morgan fingerprint density at radius 2 is 2.00 bits per heavy atom. The zero-order chi connectivity index (χ0) is 16.8. The molecular weight excluding hydrogens is 298 g/mol. The Hall–Kier alpha value is -2.83. The summed E-state index contributed by atoms with van der Waals surface area (Å²) in [4.78, 5) is 22.7. The van der Waals surface area contributed by atoms with Crippen LogP contribution in [-0.4, -0.2) is 39.9 Å². The lowest BCUT2D eigenvalue weighted by Crippen LogP contribution is -2.30. The number of hydrogen-bond acceptors (Lipinski definition) is 4. The highest BCUT2D eigenvalue weighted by atomic mass is 16.5. The Bertz CT molecular complexity index is 680. The van der Waals surface area contributed by atoms with Crippen molar-refractivity contribution in [2.45, 2.75) is 13.8 Å². The summed E-state index contributed by atoms with van der Waals surface area (Å²) in [6.45, 7) is 3.94. The average Bonchev–Trinajstić information content (AvgIpc) is 2.95. The molecule has 0 spiro atoms. The van der Waals surface area contributed by atoms with E-state index in [9.17, 15) is 9.59 Å². The summed E-state index contributed by atoms with van der Waals surface area (Å²) in [6.07, 6.45) is 1.62. The second kappa shape index (κ2) is 7.44. The quantitative estimate of drug-likeness (QED) is 0.811. The largest absolute Gasteiger partial charge is 0.489 e. The first-order valence-electron chi connectivity index (χ1n) is 7.25. The van der Waals surface area contributed by atoms with Crippen LogP contribution in [0.15, 0.2) is 36.5 Å². The second-order valence-corrected chi connectivity index (χ2v) is 5.40. The first-order valence-corrected chi connectivity index (χ1v) is 7.25. The molecule has 0 unspecified atom stereocenters. The maximum absolute atomic E-state index is 12.1. The molecule has 7 heteroatoms. The Labute approximate surface area is 133 Å². The van der Waals surface area contributed by atoms with Crippen LogP contribution in [0, 0.1) is 5.92 Å². The molecule has 7 nitrogen and oxygen atoms in total. The summed E-state index contributed by atoms with van der Waals surface area (Å²) >= 11 is 0. The van der Waals surface area contributed by atoms with Gasteiger partial charge in [-0.2, -0.15) is 5.10 Å². The monoisotopic (exact) mass is 317 g/mol. The van der Waals surface area contributed by atoms with Gasteiger partial charge in [-0.15, -0.1) is 0 Å². The summed E-state index contributed by atoms with van der Waals surface area (Å²) in [6, 6.07) is 9.28.